The van der Waals surface area contributed by atoms with Crippen molar-refractivity contribution in [1.29, 1.82) is 0 Å². The van der Waals surface area contributed by atoms with Gasteiger partial charge in [0.25, 0.3) is 5.91 Å². The number of nitrogens with one attached hydrogen (secondary N) is 1. The van der Waals surface area contributed by atoms with Crippen LogP contribution >= 0.6 is 0 Å². The molecule has 0 radical (unpaired) electrons. The van der Waals surface area contributed by atoms with Crippen LogP contribution < -0.4 is 5.32 Å². The first kappa shape index (κ1) is 18.3. The van der Waals surface area contributed by atoms with Crippen molar-refractivity contribution in [2.45, 2.75) is 45.6 Å². The van der Waals surface area contributed by atoms with E-state index in [1.54, 1.807) is 9.36 Å². The molecule has 0 aliphatic heterocycles. The zero-order valence-corrected chi connectivity index (χ0v) is 16.7. The van der Waals surface area contributed by atoms with Crippen LogP contribution in [-0.2, 0) is 7.05 Å². The van der Waals surface area contributed by atoms with E-state index in [9.17, 15) is 4.79 Å². The first-order valence-corrected chi connectivity index (χ1v) is 9.60. The number of carbonyl (C=O) groups is 1. The number of hydrogen-bond acceptors (Lipinski definition) is 5. The van der Waals surface area contributed by atoms with Gasteiger partial charge < -0.3 is 5.32 Å². The molecule has 3 heterocycles. The van der Waals surface area contributed by atoms with Crippen LogP contribution in [0.1, 0.15) is 59.2 Å². The Kier molecular flexibility index (Phi) is 4.70. The molecular formula is C20H25N7O. The molecule has 1 saturated carbocycles. The summed E-state index contributed by atoms with van der Waals surface area (Å²) in [5.74, 6) is 0.475. The number of pyridine rings is 1. The van der Waals surface area contributed by atoms with E-state index in [1.165, 1.54) is 12.8 Å². The second-order valence-corrected chi connectivity index (χ2v) is 7.59. The molecule has 1 fully saturated rings. The molecule has 0 aromatic carbocycles. The predicted octanol–water partition coefficient (Wildman–Crippen LogP) is 2.56. The van der Waals surface area contributed by atoms with Gasteiger partial charge in [-0.05, 0) is 45.7 Å². The number of carbonyl (C=O) groups excluding carboxylic acids is 1. The van der Waals surface area contributed by atoms with E-state index in [0.717, 1.165) is 28.3 Å². The Morgan fingerprint density at radius 1 is 1.25 bits per heavy atom. The van der Waals surface area contributed by atoms with Crippen molar-refractivity contribution in [3.63, 3.8) is 0 Å². The SMILES string of the molecule is Cc1nc(C2CC2)ccc1C(=O)NC[C@@H](C)n1cc(-c2cn(C)nc2C)nn1. The van der Waals surface area contributed by atoms with Crippen molar-refractivity contribution in [1.82, 2.24) is 35.1 Å². The molecule has 3 aromatic heterocycles. The largest absolute Gasteiger partial charge is 0.350 e. The van der Waals surface area contributed by atoms with E-state index in [4.69, 9.17) is 0 Å². The Morgan fingerprint density at radius 3 is 2.68 bits per heavy atom. The van der Waals surface area contributed by atoms with Crippen LogP contribution in [0.25, 0.3) is 11.3 Å². The Hall–Kier alpha value is -3.03. The van der Waals surface area contributed by atoms with Crippen molar-refractivity contribution in [2.24, 2.45) is 7.05 Å². The predicted molar refractivity (Wildman–Crippen MR) is 105 cm³/mol. The third-order valence-corrected chi connectivity index (χ3v) is 5.16. The van der Waals surface area contributed by atoms with Gasteiger partial charge in [0.1, 0.15) is 5.69 Å². The Labute approximate surface area is 164 Å². The van der Waals surface area contributed by atoms with E-state index < -0.39 is 0 Å². The van der Waals surface area contributed by atoms with Crippen molar-refractivity contribution in [3.05, 3.63) is 47.2 Å². The molecule has 1 amide bonds. The number of nitrogens with zero attached hydrogens (tertiary/aromatic N) is 6. The molecule has 0 unspecified atom stereocenters. The van der Waals surface area contributed by atoms with E-state index in [1.807, 2.05) is 52.3 Å². The van der Waals surface area contributed by atoms with Gasteiger partial charge in [0.15, 0.2) is 0 Å². The average molecular weight is 379 g/mol. The second kappa shape index (κ2) is 7.18. The summed E-state index contributed by atoms with van der Waals surface area (Å²) in [4.78, 5) is 17.2. The molecule has 4 rings (SSSR count). The monoisotopic (exact) mass is 379 g/mol. The maximum atomic E-state index is 12.6. The van der Waals surface area contributed by atoms with Crippen molar-refractivity contribution < 1.29 is 4.79 Å². The quantitative estimate of drug-likeness (QED) is 0.711. The van der Waals surface area contributed by atoms with Gasteiger partial charge >= 0.3 is 0 Å². The number of rotatable bonds is 6. The molecule has 1 aliphatic carbocycles. The molecule has 1 N–H and O–H groups in total. The second-order valence-electron chi connectivity index (χ2n) is 7.59. The highest BCUT2D eigenvalue weighted by molar-refractivity contribution is 5.95. The topological polar surface area (TPSA) is 90.5 Å². The van der Waals surface area contributed by atoms with Gasteiger partial charge in [-0.25, -0.2) is 4.68 Å². The van der Waals surface area contributed by atoms with Gasteiger partial charge in [-0.2, -0.15) is 5.10 Å². The van der Waals surface area contributed by atoms with Crippen LogP contribution in [0.2, 0.25) is 0 Å². The van der Waals surface area contributed by atoms with E-state index in [0.29, 0.717) is 18.0 Å². The minimum Gasteiger partial charge on any atom is -0.350 e. The fraction of sp³-hybridized carbons (Fsp3) is 0.450. The zero-order chi connectivity index (χ0) is 19.8. The van der Waals surface area contributed by atoms with Gasteiger partial charge in [-0.3, -0.25) is 14.5 Å². The highest BCUT2D eigenvalue weighted by Gasteiger charge is 2.25. The Bertz CT molecular complexity index is 1020. The van der Waals surface area contributed by atoms with Gasteiger partial charge in [-0.1, -0.05) is 5.21 Å². The van der Waals surface area contributed by atoms with Crippen LogP contribution in [0.3, 0.4) is 0 Å². The molecule has 3 aromatic rings. The van der Waals surface area contributed by atoms with E-state index in [-0.39, 0.29) is 11.9 Å². The molecule has 0 saturated heterocycles. The van der Waals surface area contributed by atoms with E-state index >= 15 is 0 Å². The van der Waals surface area contributed by atoms with Crippen LogP contribution in [0.4, 0.5) is 0 Å². The van der Waals surface area contributed by atoms with Gasteiger partial charge in [-0.15, -0.1) is 5.10 Å². The molecule has 146 valence electrons. The molecular weight excluding hydrogens is 354 g/mol. The lowest BCUT2D eigenvalue weighted by Gasteiger charge is -2.13. The fourth-order valence-electron chi connectivity index (χ4n) is 3.32. The smallest absolute Gasteiger partial charge is 0.253 e. The minimum atomic E-state index is -0.109. The van der Waals surface area contributed by atoms with Crippen LogP contribution in [0, 0.1) is 13.8 Å². The first-order chi connectivity index (χ1) is 13.4. The summed E-state index contributed by atoms with van der Waals surface area (Å²) >= 11 is 0. The number of aromatic nitrogens is 6. The normalized spacial score (nSPS) is 14.9. The van der Waals surface area contributed by atoms with Crippen molar-refractivity contribution in [2.75, 3.05) is 6.54 Å². The summed E-state index contributed by atoms with van der Waals surface area (Å²) in [5.41, 5.74) is 5.16. The molecule has 8 nitrogen and oxygen atoms in total. The lowest BCUT2D eigenvalue weighted by atomic mass is 10.1. The van der Waals surface area contributed by atoms with Crippen molar-refractivity contribution in [3.8, 4) is 11.3 Å². The summed E-state index contributed by atoms with van der Waals surface area (Å²) in [6, 6.07) is 3.83. The van der Waals surface area contributed by atoms with Crippen LogP contribution in [0.5, 0.6) is 0 Å². The summed E-state index contributed by atoms with van der Waals surface area (Å²) in [6.45, 7) is 6.29. The van der Waals surface area contributed by atoms with Gasteiger partial charge in [0.05, 0.1) is 29.2 Å². The summed E-state index contributed by atoms with van der Waals surface area (Å²) < 4.78 is 3.53. The molecule has 1 aliphatic rings. The Balaban J connectivity index is 1.39. The average Bonchev–Trinajstić information content (AvgIpc) is 3.30. The Morgan fingerprint density at radius 2 is 2.04 bits per heavy atom. The molecule has 8 heteroatoms. The van der Waals surface area contributed by atoms with E-state index in [2.05, 4.69) is 25.7 Å². The molecule has 28 heavy (non-hydrogen) atoms. The number of aryl methyl sites for hydroxylation is 3. The summed E-state index contributed by atoms with van der Waals surface area (Å²) in [5, 5.41) is 15.8. The molecule has 1 atom stereocenters. The van der Waals surface area contributed by atoms with Crippen LogP contribution in [-0.4, -0.2) is 42.2 Å². The van der Waals surface area contributed by atoms with Gasteiger partial charge in [0.2, 0.25) is 0 Å². The first-order valence-electron chi connectivity index (χ1n) is 9.60. The lowest BCUT2D eigenvalue weighted by molar-refractivity contribution is 0.0946. The third-order valence-electron chi connectivity index (χ3n) is 5.16. The van der Waals surface area contributed by atoms with Crippen LogP contribution in [0.15, 0.2) is 24.5 Å². The molecule has 0 spiro atoms. The summed E-state index contributed by atoms with van der Waals surface area (Å²) in [7, 11) is 1.88. The lowest BCUT2D eigenvalue weighted by Crippen LogP contribution is -2.30. The maximum Gasteiger partial charge on any atom is 0.253 e. The van der Waals surface area contributed by atoms with Gasteiger partial charge in [0, 0.05) is 37.0 Å². The highest BCUT2D eigenvalue weighted by atomic mass is 16.1. The number of amides is 1. The molecule has 0 bridgehead atoms. The fourth-order valence-corrected chi connectivity index (χ4v) is 3.32. The number of hydrogen-bond donors (Lipinski definition) is 1. The minimum absolute atomic E-state index is 0.0267. The highest BCUT2D eigenvalue weighted by Crippen LogP contribution is 2.39. The third kappa shape index (κ3) is 3.67. The standard InChI is InChI=1S/C20H25N7O/c1-12(27-11-19(23-25-27)17-10-26(4)24-14(17)3)9-21-20(28)16-7-8-18(15-5-6-15)22-13(16)2/h7-8,10-12,15H,5-6,9H2,1-4H3,(H,21,28)/t12-/m1/s1. The summed E-state index contributed by atoms with van der Waals surface area (Å²) in [6.07, 6.45) is 6.22. The maximum absolute atomic E-state index is 12.6. The van der Waals surface area contributed by atoms with Crippen molar-refractivity contribution >= 4 is 5.91 Å². The zero-order valence-electron chi connectivity index (χ0n) is 16.7.